The predicted octanol–water partition coefficient (Wildman–Crippen LogP) is 4.60. The first kappa shape index (κ1) is 14.8. The van der Waals surface area contributed by atoms with E-state index in [-0.39, 0.29) is 5.75 Å². The third-order valence-electron chi connectivity index (χ3n) is 2.41. The lowest BCUT2D eigenvalue weighted by molar-refractivity contribution is -0.153. The number of alkyl halides is 3. The molecule has 0 aliphatic carbocycles. The Balaban J connectivity index is 2.02. The molecule has 0 radical (unpaired) electrons. The van der Waals surface area contributed by atoms with Crippen LogP contribution < -0.4 is 10.1 Å². The third kappa shape index (κ3) is 4.19. The Morgan fingerprint density at radius 2 is 1.95 bits per heavy atom. The lowest BCUT2D eigenvalue weighted by atomic mass is 10.3. The van der Waals surface area contributed by atoms with E-state index >= 15 is 0 Å². The topological polar surface area (TPSA) is 34.4 Å². The SMILES string of the molecule is FC(F)(F)COc1ccccc1NCc1occc1Br. The Morgan fingerprint density at radius 3 is 2.60 bits per heavy atom. The molecule has 0 bridgehead atoms. The largest absolute Gasteiger partial charge is 0.482 e. The van der Waals surface area contributed by atoms with Crippen LogP contribution >= 0.6 is 15.9 Å². The highest BCUT2D eigenvalue weighted by atomic mass is 79.9. The maximum absolute atomic E-state index is 12.2. The maximum atomic E-state index is 12.2. The van der Waals surface area contributed by atoms with E-state index < -0.39 is 12.8 Å². The van der Waals surface area contributed by atoms with Crippen LogP contribution in [0.2, 0.25) is 0 Å². The number of hydrogen-bond donors (Lipinski definition) is 1. The van der Waals surface area contributed by atoms with E-state index in [9.17, 15) is 13.2 Å². The summed E-state index contributed by atoms with van der Waals surface area (Å²) in [6, 6.07) is 8.18. The van der Waals surface area contributed by atoms with Gasteiger partial charge in [-0.2, -0.15) is 13.2 Å². The zero-order valence-corrected chi connectivity index (χ0v) is 11.8. The molecular weight excluding hydrogens is 339 g/mol. The molecule has 1 aromatic carbocycles. The summed E-state index contributed by atoms with van der Waals surface area (Å²) in [5.74, 6) is 0.795. The maximum Gasteiger partial charge on any atom is 0.422 e. The van der Waals surface area contributed by atoms with Crippen LogP contribution in [0, 0.1) is 0 Å². The number of hydrogen-bond acceptors (Lipinski definition) is 3. The highest BCUT2D eigenvalue weighted by Crippen LogP contribution is 2.27. The van der Waals surface area contributed by atoms with Gasteiger partial charge in [0.15, 0.2) is 6.61 Å². The van der Waals surface area contributed by atoms with Gasteiger partial charge in [-0.3, -0.25) is 0 Å². The number of halogens is 4. The van der Waals surface area contributed by atoms with E-state index in [1.54, 1.807) is 24.3 Å². The lowest BCUT2D eigenvalue weighted by Gasteiger charge is -2.14. The predicted molar refractivity (Wildman–Crippen MR) is 71.7 cm³/mol. The molecule has 0 saturated heterocycles. The average molecular weight is 350 g/mol. The first-order valence-electron chi connectivity index (χ1n) is 5.70. The molecule has 0 amide bonds. The molecule has 0 spiro atoms. The van der Waals surface area contributed by atoms with Gasteiger partial charge in [-0.1, -0.05) is 12.1 Å². The number of rotatable bonds is 5. The molecular formula is C13H11BrF3NO2. The minimum absolute atomic E-state index is 0.146. The fraction of sp³-hybridized carbons (Fsp3) is 0.231. The van der Waals surface area contributed by atoms with Crippen molar-refractivity contribution in [2.45, 2.75) is 12.7 Å². The van der Waals surface area contributed by atoms with Crippen molar-refractivity contribution in [2.24, 2.45) is 0 Å². The van der Waals surface area contributed by atoms with Crippen LogP contribution in [0.4, 0.5) is 18.9 Å². The second kappa shape index (κ2) is 6.21. The van der Waals surface area contributed by atoms with Crippen molar-refractivity contribution in [1.82, 2.24) is 0 Å². The molecule has 2 rings (SSSR count). The van der Waals surface area contributed by atoms with Crippen molar-refractivity contribution in [2.75, 3.05) is 11.9 Å². The van der Waals surface area contributed by atoms with Crippen molar-refractivity contribution in [3.8, 4) is 5.75 Å². The normalized spacial score (nSPS) is 11.4. The molecule has 108 valence electrons. The smallest absolute Gasteiger partial charge is 0.422 e. The fourth-order valence-corrected chi connectivity index (χ4v) is 1.87. The molecule has 0 aliphatic heterocycles. The summed E-state index contributed by atoms with van der Waals surface area (Å²) < 4.78 is 47.3. The van der Waals surface area contributed by atoms with Crippen LogP contribution in [0.3, 0.4) is 0 Å². The van der Waals surface area contributed by atoms with Crippen molar-refractivity contribution in [3.63, 3.8) is 0 Å². The Labute approximate surface area is 121 Å². The van der Waals surface area contributed by atoms with E-state index in [0.29, 0.717) is 18.0 Å². The van der Waals surface area contributed by atoms with Gasteiger partial charge in [-0.15, -0.1) is 0 Å². The van der Waals surface area contributed by atoms with Crippen LogP contribution in [0.5, 0.6) is 5.75 Å². The van der Waals surface area contributed by atoms with E-state index in [1.807, 2.05) is 0 Å². The number of benzene rings is 1. The summed E-state index contributed by atoms with van der Waals surface area (Å²) in [6.45, 7) is -0.990. The summed E-state index contributed by atoms with van der Waals surface area (Å²) in [4.78, 5) is 0. The van der Waals surface area contributed by atoms with Gasteiger partial charge in [0.25, 0.3) is 0 Å². The van der Waals surface area contributed by atoms with Crippen LogP contribution in [-0.4, -0.2) is 12.8 Å². The van der Waals surface area contributed by atoms with Gasteiger partial charge < -0.3 is 14.5 Å². The summed E-state index contributed by atoms with van der Waals surface area (Å²) in [5.41, 5.74) is 0.472. The molecule has 1 heterocycles. The Kier molecular flexibility index (Phi) is 4.59. The zero-order chi connectivity index (χ0) is 14.6. The number of nitrogens with one attached hydrogen (secondary N) is 1. The molecule has 0 aliphatic rings. The highest BCUT2D eigenvalue weighted by molar-refractivity contribution is 9.10. The standard InChI is InChI=1S/C13H11BrF3NO2/c14-9-5-6-19-12(9)7-18-10-3-1-2-4-11(10)20-8-13(15,16)17/h1-6,18H,7-8H2. The monoisotopic (exact) mass is 349 g/mol. The molecule has 2 aromatic rings. The number of anilines is 1. The molecule has 3 nitrogen and oxygen atoms in total. The van der Waals surface area contributed by atoms with Gasteiger partial charge in [0.2, 0.25) is 0 Å². The van der Waals surface area contributed by atoms with E-state index in [0.717, 1.165) is 4.47 Å². The first-order chi connectivity index (χ1) is 9.46. The summed E-state index contributed by atoms with van der Waals surface area (Å²) in [7, 11) is 0. The van der Waals surface area contributed by atoms with Gasteiger partial charge in [0.05, 0.1) is 23.0 Å². The number of para-hydroxylation sites is 2. The van der Waals surface area contributed by atoms with E-state index in [4.69, 9.17) is 9.15 Å². The molecule has 0 fully saturated rings. The van der Waals surface area contributed by atoms with Crippen LogP contribution in [0.25, 0.3) is 0 Å². The van der Waals surface area contributed by atoms with Crippen LogP contribution in [-0.2, 0) is 6.54 Å². The molecule has 1 N–H and O–H groups in total. The second-order valence-electron chi connectivity index (χ2n) is 3.95. The average Bonchev–Trinajstić information content (AvgIpc) is 2.79. The van der Waals surface area contributed by atoms with Crippen molar-refractivity contribution in [3.05, 3.63) is 46.8 Å². The van der Waals surface area contributed by atoms with Crippen molar-refractivity contribution >= 4 is 21.6 Å². The van der Waals surface area contributed by atoms with Gasteiger partial charge in [-0.25, -0.2) is 0 Å². The Bertz CT molecular complexity index is 569. The van der Waals surface area contributed by atoms with Crippen molar-refractivity contribution < 1.29 is 22.3 Å². The third-order valence-corrected chi connectivity index (χ3v) is 3.12. The van der Waals surface area contributed by atoms with Crippen LogP contribution in [0.15, 0.2) is 45.5 Å². The summed E-state index contributed by atoms with van der Waals surface area (Å²) in [6.07, 6.45) is -2.84. The van der Waals surface area contributed by atoms with E-state index in [1.165, 1.54) is 12.3 Å². The first-order valence-corrected chi connectivity index (χ1v) is 6.49. The molecule has 0 saturated carbocycles. The quantitative estimate of drug-likeness (QED) is 0.856. The minimum Gasteiger partial charge on any atom is -0.482 e. The minimum atomic E-state index is -4.36. The molecule has 20 heavy (non-hydrogen) atoms. The van der Waals surface area contributed by atoms with E-state index in [2.05, 4.69) is 21.2 Å². The molecule has 7 heteroatoms. The fourth-order valence-electron chi connectivity index (χ4n) is 1.52. The lowest BCUT2D eigenvalue weighted by Crippen LogP contribution is -2.19. The van der Waals surface area contributed by atoms with Gasteiger partial charge >= 0.3 is 6.18 Å². The molecule has 1 aromatic heterocycles. The van der Waals surface area contributed by atoms with Gasteiger partial charge in [0.1, 0.15) is 11.5 Å². The second-order valence-corrected chi connectivity index (χ2v) is 4.80. The zero-order valence-electron chi connectivity index (χ0n) is 10.2. The number of furan rings is 1. The molecule has 0 atom stereocenters. The highest BCUT2D eigenvalue weighted by Gasteiger charge is 2.28. The van der Waals surface area contributed by atoms with Crippen molar-refractivity contribution in [1.29, 1.82) is 0 Å². The van der Waals surface area contributed by atoms with Gasteiger partial charge in [0, 0.05) is 0 Å². The molecule has 0 unspecified atom stereocenters. The summed E-state index contributed by atoms with van der Waals surface area (Å²) >= 11 is 3.30. The Morgan fingerprint density at radius 1 is 1.20 bits per heavy atom. The van der Waals surface area contributed by atoms with Gasteiger partial charge in [-0.05, 0) is 34.1 Å². The van der Waals surface area contributed by atoms with Crippen LogP contribution in [0.1, 0.15) is 5.76 Å². The Hall–Kier alpha value is -1.63. The number of ether oxygens (including phenoxy) is 1. The summed E-state index contributed by atoms with van der Waals surface area (Å²) in [5, 5.41) is 2.98.